The standard InChI is InChI=1S/C34H21N3OS2/c1-20-16-26-29(38-32-21(2)31(40-34(26)32)17-22(19-35)36-3)18-28(20)37(23-10-5-4-6-11-23)27-14-9-13-25-24-12-7-8-15-30(24)39-33(25)27/h4-18H,1-2H3/b22-17-. The summed E-state index contributed by atoms with van der Waals surface area (Å²) < 4.78 is 10.0. The summed E-state index contributed by atoms with van der Waals surface area (Å²) in [6.07, 6.45) is 1.65. The van der Waals surface area contributed by atoms with Gasteiger partial charge in [-0.1, -0.05) is 48.5 Å². The van der Waals surface area contributed by atoms with E-state index in [1.165, 1.54) is 20.2 Å². The highest BCUT2D eigenvalue weighted by Gasteiger charge is 2.22. The van der Waals surface area contributed by atoms with Crippen LogP contribution in [0.2, 0.25) is 0 Å². The molecule has 0 saturated heterocycles. The van der Waals surface area contributed by atoms with Crippen LogP contribution >= 0.6 is 22.7 Å². The van der Waals surface area contributed by atoms with Crippen LogP contribution < -0.4 is 4.90 Å². The van der Waals surface area contributed by atoms with Crippen LogP contribution in [0.4, 0.5) is 17.1 Å². The van der Waals surface area contributed by atoms with Crippen LogP contribution in [0.15, 0.2) is 95.0 Å². The summed E-state index contributed by atoms with van der Waals surface area (Å²) in [6, 6.07) is 31.9. The summed E-state index contributed by atoms with van der Waals surface area (Å²) in [4.78, 5) is 6.53. The van der Waals surface area contributed by atoms with Crippen LogP contribution in [0.25, 0.3) is 52.3 Å². The van der Waals surface area contributed by atoms with Crippen LogP contribution in [0, 0.1) is 31.8 Å². The molecule has 0 atom stereocenters. The normalized spacial score (nSPS) is 11.8. The van der Waals surface area contributed by atoms with Crippen molar-refractivity contribution in [2.75, 3.05) is 4.90 Å². The number of fused-ring (bicyclic) bond motifs is 6. The Morgan fingerprint density at radius 1 is 0.875 bits per heavy atom. The summed E-state index contributed by atoms with van der Waals surface area (Å²) in [5.74, 6) is 0. The SMILES string of the molecule is [C-]#[N+]/C(C#N)=C\c1sc2c(oc3cc(N(c4ccccc4)c4cccc5c4sc4ccccc45)c(C)cc32)c1C. The number of nitrogens with zero attached hydrogens (tertiary/aromatic N) is 3. The van der Waals surface area contributed by atoms with Gasteiger partial charge in [0.1, 0.15) is 11.2 Å². The van der Waals surface area contributed by atoms with Gasteiger partial charge in [0.05, 0.1) is 33.4 Å². The maximum absolute atomic E-state index is 9.23. The minimum atomic E-state index is 0.0729. The van der Waals surface area contributed by atoms with Gasteiger partial charge in [-0.3, -0.25) is 0 Å². The van der Waals surface area contributed by atoms with E-state index in [0.29, 0.717) is 0 Å². The van der Waals surface area contributed by atoms with E-state index in [9.17, 15) is 5.26 Å². The Morgan fingerprint density at radius 3 is 2.45 bits per heavy atom. The Balaban J connectivity index is 1.47. The zero-order valence-corrected chi connectivity index (χ0v) is 23.4. The lowest BCUT2D eigenvalue weighted by Crippen LogP contribution is -2.11. The van der Waals surface area contributed by atoms with Gasteiger partial charge in [0.2, 0.25) is 0 Å². The summed E-state index contributed by atoms with van der Waals surface area (Å²) in [5.41, 5.74) is 7.04. The maximum atomic E-state index is 9.23. The number of aryl methyl sites for hydroxylation is 2. The molecule has 3 aromatic heterocycles. The fraction of sp³-hybridized carbons (Fsp3) is 0.0588. The Kier molecular flexibility index (Phi) is 5.68. The quantitative estimate of drug-likeness (QED) is 0.161. The zero-order chi connectivity index (χ0) is 27.4. The van der Waals surface area contributed by atoms with Gasteiger partial charge in [-0.05, 0) is 55.8 Å². The first-order valence-electron chi connectivity index (χ1n) is 12.8. The second kappa shape index (κ2) is 9.39. The molecule has 190 valence electrons. The smallest absolute Gasteiger partial charge is 0.263 e. The van der Waals surface area contributed by atoms with Crippen LogP contribution in [0.5, 0.6) is 0 Å². The van der Waals surface area contributed by atoms with Gasteiger partial charge in [0.25, 0.3) is 5.70 Å². The van der Waals surface area contributed by atoms with Crippen molar-refractivity contribution in [1.82, 2.24) is 0 Å². The molecular weight excluding hydrogens is 531 g/mol. The fourth-order valence-corrected chi connectivity index (χ4v) is 7.75. The zero-order valence-electron chi connectivity index (χ0n) is 21.7. The molecule has 0 bridgehead atoms. The van der Waals surface area contributed by atoms with Gasteiger partial charge in [-0.2, -0.15) is 0 Å². The van der Waals surface area contributed by atoms with E-state index in [1.807, 2.05) is 30.4 Å². The number of hydrogen-bond donors (Lipinski definition) is 0. The van der Waals surface area contributed by atoms with Gasteiger partial charge < -0.3 is 9.32 Å². The van der Waals surface area contributed by atoms with Crippen LogP contribution in [-0.4, -0.2) is 0 Å². The number of para-hydroxylation sites is 1. The van der Waals surface area contributed by atoms with Crippen molar-refractivity contribution in [2.24, 2.45) is 0 Å². The summed E-state index contributed by atoms with van der Waals surface area (Å²) >= 11 is 3.38. The Hall–Kier alpha value is -4.88. The molecule has 0 aliphatic carbocycles. The lowest BCUT2D eigenvalue weighted by molar-refractivity contribution is 0.666. The van der Waals surface area contributed by atoms with Crippen molar-refractivity contribution in [2.45, 2.75) is 13.8 Å². The number of allylic oxidation sites excluding steroid dienone is 1. The number of hydrogen-bond acceptors (Lipinski definition) is 5. The van der Waals surface area contributed by atoms with Gasteiger partial charge in [-0.15, -0.1) is 22.7 Å². The Labute approximate surface area is 239 Å². The molecule has 0 aliphatic heterocycles. The highest BCUT2D eigenvalue weighted by molar-refractivity contribution is 7.26. The highest BCUT2D eigenvalue weighted by Crippen LogP contribution is 2.47. The molecule has 3 heterocycles. The topological polar surface area (TPSA) is 44.5 Å². The number of thiophene rings is 2. The summed E-state index contributed by atoms with van der Waals surface area (Å²) in [5, 5.41) is 12.8. The third-order valence-corrected chi connectivity index (χ3v) is 9.73. The maximum Gasteiger partial charge on any atom is 0.263 e. The molecule has 4 nitrogen and oxygen atoms in total. The number of furan rings is 1. The Morgan fingerprint density at radius 2 is 1.65 bits per heavy atom. The lowest BCUT2D eigenvalue weighted by atomic mass is 10.1. The van der Waals surface area contributed by atoms with E-state index >= 15 is 0 Å². The first kappa shape index (κ1) is 24.2. The number of benzene rings is 4. The first-order valence-corrected chi connectivity index (χ1v) is 14.4. The highest BCUT2D eigenvalue weighted by atomic mass is 32.1. The molecule has 0 radical (unpaired) electrons. The van der Waals surface area contributed by atoms with E-state index in [-0.39, 0.29) is 5.70 Å². The van der Waals surface area contributed by atoms with Crippen molar-refractivity contribution in [3.05, 3.63) is 118 Å². The molecule has 0 saturated carbocycles. The molecule has 0 amide bonds. The van der Waals surface area contributed by atoms with E-state index in [2.05, 4.69) is 95.5 Å². The van der Waals surface area contributed by atoms with E-state index in [0.717, 1.165) is 54.3 Å². The largest absolute Gasteiger partial charge is 0.455 e. The molecule has 6 heteroatoms. The predicted octanol–water partition coefficient (Wildman–Crippen LogP) is 10.9. The van der Waals surface area contributed by atoms with E-state index in [1.54, 1.807) is 17.4 Å². The van der Waals surface area contributed by atoms with Crippen molar-refractivity contribution in [1.29, 1.82) is 5.26 Å². The summed E-state index contributed by atoms with van der Waals surface area (Å²) in [6.45, 7) is 11.4. The molecule has 0 N–H and O–H groups in total. The second-order valence-electron chi connectivity index (χ2n) is 9.66. The van der Waals surface area contributed by atoms with E-state index in [4.69, 9.17) is 11.0 Å². The molecule has 0 unspecified atom stereocenters. The number of rotatable bonds is 4. The monoisotopic (exact) mass is 551 g/mol. The first-order chi connectivity index (χ1) is 19.6. The third kappa shape index (κ3) is 3.70. The third-order valence-electron chi connectivity index (χ3n) is 7.27. The van der Waals surface area contributed by atoms with Crippen molar-refractivity contribution in [3.63, 3.8) is 0 Å². The molecule has 40 heavy (non-hydrogen) atoms. The van der Waals surface area contributed by atoms with Crippen molar-refractivity contribution in [3.8, 4) is 6.07 Å². The van der Waals surface area contributed by atoms with Crippen LogP contribution in [-0.2, 0) is 0 Å². The molecule has 0 spiro atoms. The second-order valence-corrected chi connectivity index (χ2v) is 11.8. The minimum absolute atomic E-state index is 0.0729. The minimum Gasteiger partial charge on any atom is -0.455 e. The van der Waals surface area contributed by atoms with E-state index < -0.39 is 0 Å². The van der Waals surface area contributed by atoms with Crippen molar-refractivity contribution >= 4 is 87.2 Å². The number of anilines is 3. The van der Waals surface area contributed by atoms with Crippen LogP contribution in [0.3, 0.4) is 0 Å². The Bertz CT molecular complexity index is 2200. The molecule has 4 aromatic carbocycles. The van der Waals surface area contributed by atoms with Gasteiger partial charge >= 0.3 is 0 Å². The molecule has 0 aliphatic rings. The molecule has 0 fully saturated rings. The molecule has 7 rings (SSSR count). The lowest BCUT2D eigenvalue weighted by Gasteiger charge is -2.27. The van der Waals surface area contributed by atoms with Gasteiger partial charge in [-0.25, -0.2) is 10.1 Å². The molecular formula is C34H21N3OS2. The number of nitriles is 1. The predicted molar refractivity (Wildman–Crippen MR) is 169 cm³/mol. The average molecular weight is 552 g/mol. The van der Waals surface area contributed by atoms with Crippen molar-refractivity contribution < 1.29 is 4.42 Å². The summed E-state index contributed by atoms with van der Waals surface area (Å²) in [7, 11) is 0. The molecule has 7 aromatic rings. The van der Waals surface area contributed by atoms with Gasteiger partial charge in [0.15, 0.2) is 0 Å². The average Bonchev–Trinajstić information content (AvgIpc) is 3.63. The van der Waals surface area contributed by atoms with Crippen LogP contribution in [0.1, 0.15) is 16.0 Å². The fourth-order valence-electron chi connectivity index (χ4n) is 5.35. The van der Waals surface area contributed by atoms with Gasteiger partial charge in [0, 0.05) is 43.1 Å².